The summed E-state index contributed by atoms with van der Waals surface area (Å²) in [5, 5.41) is 21.2. The van der Waals surface area contributed by atoms with E-state index in [0.29, 0.717) is 18.2 Å². The lowest BCUT2D eigenvalue weighted by Gasteiger charge is -2.24. The van der Waals surface area contributed by atoms with E-state index in [2.05, 4.69) is 36.3 Å². The van der Waals surface area contributed by atoms with Gasteiger partial charge in [-0.2, -0.15) is 10.2 Å². The summed E-state index contributed by atoms with van der Waals surface area (Å²) in [5.41, 5.74) is 2.72. The van der Waals surface area contributed by atoms with Crippen LogP contribution in [0.15, 0.2) is 61.2 Å². The Morgan fingerprint density at radius 2 is 1.77 bits per heavy atom. The van der Waals surface area contributed by atoms with Gasteiger partial charge in [0.2, 0.25) is 0 Å². The van der Waals surface area contributed by atoms with E-state index < -0.39 is 0 Å². The van der Waals surface area contributed by atoms with Crippen molar-refractivity contribution >= 4 is 16.7 Å². The van der Waals surface area contributed by atoms with Crippen molar-refractivity contribution < 1.29 is 4.79 Å². The number of aromatic nitrogens is 5. The molecule has 0 radical (unpaired) electrons. The molecule has 0 bridgehead atoms. The molecule has 4 aromatic rings. The van der Waals surface area contributed by atoms with Gasteiger partial charge in [0.05, 0.1) is 18.9 Å². The molecule has 0 spiro atoms. The molecule has 1 amide bonds. The Morgan fingerprint density at radius 3 is 2.61 bits per heavy atom. The van der Waals surface area contributed by atoms with Gasteiger partial charge >= 0.3 is 0 Å². The molecule has 2 heterocycles. The first-order chi connectivity index (χ1) is 15.3. The summed E-state index contributed by atoms with van der Waals surface area (Å²) < 4.78 is 2.13. The van der Waals surface area contributed by atoms with Gasteiger partial charge in [0.1, 0.15) is 6.33 Å². The van der Waals surface area contributed by atoms with Crippen LogP contribution < -0.4 is 5.32 Å². The molecule has 0 aliphatic heterocycles. The van der Waals surface area contributed by atoms with Crippen molar-refractivity contribution in [1.29, 1.82) is 0 Å². The van der Waals surface area contributed by atoms with Crippen LogP contribution in [-0.4, -0.2) is 30.9 Å². The lowest BCUT2D eigenvalue weighted by Crippen LogP contribution is -2.26. The smallest absolute Gasteiger partial charge is 0.251 e. The number of rotatable bonds is 5. The molecule has 1 fully saturated rings. The average molecular weight is 412 g/mol. The van der Waals surface area contributed by atoms with Crippen molar-refractivity contribution in [2.45, 2.75) is 44.7 Å². The molecule has 0 atom stereocenters. The number of carbonyl (C=O) groups is 1. The maximum Gasteiger partial charge on any atom is 0.251 e. The number of carbonyl (C=O) groups excluding carboxylic acids is 1. The van der Waals surface area contributed by atoms with Gasteiger partial charge in [-0.15, -0.1) is 10.2 Å². The molecule has 2 aromatic heterocycles. The third-order valence-corrected chi connectivity index (χ3v) is 6.04. The molecular weight excluding hydrogens is 388 g/mol. The van der Waals surface area contributed by atoms with Gasteiger partial charge in [-0.1, -0.05) is 37.5 Å². The number of nitrogens with one attached hydrogen (secondary N) is 1. The number of hydrogen-bond acceptors (Lipinski definition) is 5. The summed E-state index contributed by atoms with van der Waals surface area (Å²) in [6, 6.07) is 14.3. The third-order valence-electron chi connectivity index (χ3n) is 6.04. The first kappa shape index (κ1) is 19.4. The SMILES string of the molecule is O=C(NCc1nncn1C1CCCCC1)c1ccc2cc(-c3ccnnc3)ccc2c1. The van der Waals surface area contributed by atoms with Crippen LogP contribution in [0.2, 0.25) is 0 Å². The highest BCUT2D eigenvalue weighted by atomic mass is 16.1. The largest absolute Gasteiger partial charge is 0.345 e. The van der Waals surface area contributed by atoms with Crippen molar-refractivity contribution in [3.63, 3.8) is 0 Å². The fraction of sp³-hybridized carbons (Fsp3) is 0.292. The molecular formula is C24H24N6O. The molecule has 31 heavy (non-hydrogen) atoms. The highest BCUT2D eigenvalue weighted by Gasteiger charge is 2.19. The van der Waals surface area contributed by atoms with Crippen molar-refractivity contribution in [3.8, 4) is 11.1 Å². The summed E-state index contributed by atoms with van der Waals surface area (Å²) in [6.07, 6.45) is 11.3. The number of hydrogen-bond donors (Lipinski definition) is 1. The number of amides is 1. The maximum atomic E-state index is 12.8. The van der Waals surface area contributed by atoms with Gasteiger partial charge in [0.15, 0.2) is 5.82 Å². The quantitative estimate of drug-likeness (QED) is 0.527. The van der Waals surface area contributed by atoms with Crippen LogP contribution in [0, 0.1) is 0 Å². The predicted molar refractivity (Wildman–Crippen MR) is 118 cm³/mol. The molecule has 0 unspecified atom stereocenters. The van der Waals surface area contributed by atoms with E-state index in [4.69, 9.17) is 0 Å². The fourth-order valence-electron chi connectivity index (χ4n) is 4.35. The number of nitrogens with zero attached hydrogens (tertiary/aromatic N) is 5. The minimum atomic E-state index is -0.109. The number of benzene rings is 2. The van der Waals surface area contributed by atoms with Crippen LogP contribution in [0.25, 0.3) is 21.9 Å². The van der Waals surface area contributed by atoms with Gasteiger partial charge < -0.3 is 9.88 Å². The van der Waals surface area contributed by atoms with Crippen LogP contribution in [0.5, 0.6) is 0 Å². The standard InChI is InChI=1S/C24H24N6O/c31-24(25-15-23-29-28-16-30(23)22-4-2-1-3-5-22)20-9-8-17-12-19(7-6-18(17)13-20)21-10-11-26-27-14-21/h6-14,16,22H,1-5,15H2,(H,25,31). The highest BCUT2D eigenvalue weighted by molar-refractivity contribution is 5.99. The van der Waals surface area contributed by atoms with Gasteiger partial charge in [0, 0.05) is 17.2 Å². The van der Waals surface area contributed by atoms with E-state index in [1.54, 1.807) is 18.7 Å². The van der Waals surface area contributed by atoms with Crippen molar-refractivity contribution in [1.82, 2.24) is 30.3 Å². The van der Waals surface area contributed by atoms with E-state index in [-0.39, 0.29) is 5.91 Å². The third kappa shape index (κ3) is 4.17. The van der Waals surface area contributed by atoms with Crippen LogP contribution in [0.1, 0.15) is 54.3 Å². The van der Waals surface area contributed by atoms with Crippen LogP contribution in [-0.2, 0) is 6.54 Å². The minimum absolute atomic E-state index is 0.109. The second-order valence-corrected chi connectivity index (χ2v) is 8.04. The zero-order valence-electron chi connectivity index (χ0n) is 17.2. The molecule has 1 N–H and O–H groups in total. The lowest BCUT2D eigenvalue weighted by molar-refractivity contribution is 0.0949. The summed E-state index contributed by atoms with van der Waals surface area (Å²) in [6.45, 7) is 0.376. The van der Waals surface area contributed by atoms with E-state index in [1.807, 2.05) is 36.4 Å². The molecule has 1 aliphatic rings. The zero-order valence-corrected chi connectivity index (χ0v) is 17.2. The Balaban J connectivity index is 1.30. The second-order valence-electron chi connectivity index (χ2n) is 8.04. The van der Waals surface area contributed by atoms with Crippen molar-refractivity contribution in [3.05, 3.63) is 72.6 Å². The van der Waals surface area contributed by atoms with Crippen molar-refractivity contribution in [2.24, 2.45) is 0 Å². The Kier molecular flexibility index (Phi) is 5.39. The van der Waals surface area contributed by atoms with E-state index in [0.717, 1.165) is 40.6 Å². The Bertz CT molecular complexity index is 1200. The summed E-state index contributed by atoms with van der Waals surface area (Å²) in [7, 11) is 0. The zero-order chi connectivity index (χ0) is 21.0. The molecule has 1 aliphatic carbocycles. The Hall–Kier alpha value is -3.61. The molecule has 1 saturated carbocycles. The topological polar surface area (TPSA) is 85.6 Å². The van der Waals surface area contributed by atoms with Crippen LogP contribution >= 0.6 is 0 Å². The van der Waals surface area contributed by atoms with Gasteiger partial charge in [-0.25, -0.2) is 0 Å². The Morgan fingerprint density at radius 1 is 0.935 bits per heavy atom. The maximum absolute atomic E-state index is 12.8. The molecule has 7 heteroatoms. The first-order valence-corrected chi connectivity index (χ1v) is 10.8. The van der Waals surface area contributed by atoms with Gasteiger partial charge in [0.25, 0.3) is 5.91 Å². The van der Waals surface area contributed by atoms with Crippen molar-refractivity contribution in [2.75, 3.05) is 0 Å². The monoisotopic (exact) mass is 412 g/mol. The summed E-state index contributed by atoms with van der Waals surface area (Å²) >= 11 is 0. The lowest BCUT2D eigenvalue weighted by atomic mass is 9.95. The number of fused-ring (bicyclic) bond motifs is 1. The average Bonchev–Trinajstić information content (AvgIpc) is 3.31. The predicted octanol–water partition coefficient (Wildman–Crippen LogP) is 4.32. The van der Waals surface area contributed by atoms with E-state index >= 15 is 0 Å². The van der Waals surface area contributed by atoms with E-state index in [1.165, 1.54) is 19.3 Å². The van der Waals surface area contributed by atoms with Crippen LogP contribution in [0.3, 0.4) is 0 Å². The summed E-state index contributed by atoms with van der Waals surface area (Å²) in [5.74, 6) is 0.708. The van der Waals surface area contributed by atoms with Crippen LogP contribution in [0.4, 0.5) is 0 Å². The Labute approximate surface area is 180 Å². The molecule has 2 aromatic carbocycles. The second kappa shape index (κ2) is 8.63. The summed E-state index contributed by atoms with van der Waals surface area (Å²) in [4.78, 5) is 12.8. The first-order valence-electron chi connectivity index (χ1n) is 10.8. The molecule has 5 rings (SSSR count). The van der Waals surface area contributed by atoms with Gasteiger partial charge in [-0.05, 0) is 53.4 Å². The fourth-order valence-corrected chi connectivity index (χ4v) is 4.35. The molecule has 156 valence electrons. The minimum Gasteiger partial charge on any atom is -0.345 e. The highest BCUT2D eigenvalue weighted by Crippen LogP contribution is 2.28. The molecule has 0 saturated heterocycles. The molecule has 7 nitrogen and oxygen atoms in total. The van der Waals surface area contributed by atoms with E-state index in [9.17, 15) is 4.79 Å². The normalized spacial score (nSPS) is 14.6. The van der Waals surface area contributed by atoms with Gasteiger partial charge in [-0.3, -0.25) is 4.79 Å².